The number of fused-ring (bicyclic) bond motifs is 2. The average Bonchev–Trinajstić information content (AvgIpc) is 3.49. The van der Waals surface area contributed by atoms with Gasteiger partial charge in [-0.25, -0.2) is 4.39 Å². The van der Waals surface area contributed by atoms with Crippen LogP contribution in [-0.2, 0) is 40.9 Å². The number of nitrogens with zero attached hydrogens (tertiary/aromatic N) is 1. The van der Waals surface area contributed by atoms with Crippen molar-refractivity contribution in [2.75, 3.05) is 26.8 Å². The minimum atomic E-state index is -0.371. The molecule has 0 bridgehead atoms. The molecule has 0 radical (unpaired) electrons. The lowest BCUT2D eigenvalue weighted by atomic mass is 9.74. The van der Waals surface area contributed by atoms with E-state index >= 15 is 0 Å². The van der Waals surface area contributed by atoms with Crippen LogP contribution in [-0.4, -0.2) is 37.7 Å². The second kappa shape index (κ2) is 11.9. The highest BCUT2D eigenvalue weighted by Crippen LogP contribution is 2.46. The van der Waals surface area contributed by atoms with E-state index in [1.165, 1.54) is 42.2 Å². The highest BCUT2D eigenvalue weighted by Gasteiger charge is 2.40. The van der Waals surface area contributed by atoms with Crippen LogP contribution >= 0.6 is 11.3 Å². The summed E-state index contributed by atoms with van der Waals surface area (Å²) in [7, 11) is 1.71. The number of esters is 1. The molecule has 5 rings (SSSR count). The van der Waals surface area contributed by atoms with Crippen molar-refractivity contribution in [3.05, 3.63) is 80.8 Å². The highest BCUT2D eigenvalue weighted by atomic mass is 32.1. The molecule has 0 unspecified atom stereocenters. The molecule has 2 aliphatic rings. The van der Waals surface area contributed by atoms with Crippen LogP contribution in [0.25, 0.3) is 0 Å². The van der Waals surface area contributed by atoms with Crippen LogP contribution in [0.3, 0.4) is 0 Å². The van der Waals surface area contributed by atoms with Crippen LogP contribution in [0.2, 0.25) is 0 Å². The molecule has 5 nitrogen and oxygen atoms in total. The lowest BCUT2D eigenvalue weighted by Crippen LogP contribution is -2.41. The predicted molar refractivity (Wildman–Crippen MR) is 148 cm³/mol. The van der Waals surface area contributed by atoms with E-state index in [0.717, 1.165) is 30.3 Å². The van der Waals surface area contributed by atoms with E-state index in [0.29, 0.717) is 36.4 Å². The number of carbonyl (C=O) groups is 1. The summed E-state index contributed by atoms with van der Waals surface area (Å²) < 4.78 is 31.0. The van der Waals surface area contributed by atoms with Crippen LogP contribution in [0.1, 0.15) is 59.1 Å². The van der Waals surface area contributed by atoms with Gasteiger partial charge in [0.15, 0.2) is 0 Å². The Kier molecular flexibility index (Phi) is 8.34. The van der Waals surface area contributed by atoms with Crippen molar-refractivity contribution in [2.45, 2.75) is 64.0 Å². The van der Waals surface area contributed by atoms with E-state index < -0.39 is 0 Å². The van der Waals surface area contributed by atoms with Crippen molar-refractivity contribution >= 4 is 17.3 Å². The molecule has 2 heterocycles. The molecule has 1 spiro atoms. The Balaban J connectivity index is 1.15. The van der Waals surface area contributed by atoms with Gasteiger partial charge in [0.2, 0.25) is 0 Å². The standard InChI is InChI=1S/C31H36FNO4S/c1-3-36-30(34)11-9-23-8-10-24(18-27(23)32)37-21-25-19-28(35-2)29(38-25)20-33-16-14-31(15-17-33)13-12-22-6-4-5-7-26(22)31/h4-8,10,18-19H,3,9,11-17,20-21H2,1-2H3. The number of ether oxygens (including phenoxy) is 3. The summed E-state index contributed by atoms with van der Waals surface area (Å²) in [5.74, 6) is 0.668. The van der Waals surface area contributed by atoms with Crippen LogP contribution in [0.15, 0.2) is 48.5 Å². The lowest BCUT2D eigenvalue weighted by molar-refractivity contribution is -0.143. The Morgan fingerprint density at radius 2 is 1.92 bits per heavy atom. The summed E-state index contributed by atoms with van der Waals surface area (Å²) in [4.78, 5) is 16.3. The minimum Gasteiger partial charge on any atom is -0.496 e. The molecule has 38 heavy (non-hydrogen) atoms. The fourth-order valence-electron chi connectivity index (χ4n) is 5.89. The van der Waals surface area contributed by atoms with E-state index in [2.05, 4.69) is 29.2 Å². The normalized spacial score (nSPS) is 16.4. The number of carbonyl (C=O) groups excluding carboxylic acids is 1. The zero-order chi connectivity index (χ0) is 26.5. The van der Waals surface area contributed by atoms with Crippen molar-refractivity contribution < 1.29 is 23.4 Å². The van der Waals surface area contributed by atoms with Crippen molar-refractivity contribution in [2.24, 2.45) is 0 Å². The Morgan fingerprint density at radius 3 is 2.68 bits per heavy atom. The average molecular weight is 538 g/mol. The van der Waals surface area contributed by atoms with Crippen molar-refractivity contribution in [1.82, 2.24) is 4.90 Å². The molecule has 1 aliphatic carbocycles. The molecule has 7 heteroatoms. The van der Waals surface area contributed by atoms with Gasteiger partial charge in [-0.15, -0.1) is 11.3 Å². The number of piperidine rings is 1. The van der Waals surface area contributed by atoms with Gasteiger partial charge in [-0.05, 0) is 86.4 Å². The Hall–Kier alpha value is -2.90. The molecular formula is C31H36FNO4S. The fourth-order valence-corrected chi connectivity index (χ4v) is 6.98. The maximum Gasteiger partial charge on any atom is 0.306 e. The molecular weight excluding hydrogens is 501 g/mol. The molecule has 1 aromatic heterocycles. The number of aryl methyl sites for hydroxylation is 2. The third-order valence-electron chi connectivity index (χ3n) is 7.99. The smallest absolute Gasteiger partial charge is 0.306 e. The van der Waals surface area contributed by atoms with E-state index in [1.54, 1.807) is 43.1 Å². The number of halogens is 1. The van der Waals surface area contributed by atoms with Gasteiger partial charge < -0.3 is 14.2 Å². The Labute approximate surface area is 228 Å². The molecule has 3 aromatic rings. The van der Waals surface area contributed by atoms with Crippen LogP contribution < -0.4 is 9.47 Å². The second-order valence-electron chi connectivity index (χ2n) is 10.3. The largest absolute Gasteiger partial charge is 0.496 e. The fraction of sp³-hybridized carbons (Fsp3) is 0.452. The summed E-state index contributed by atoms with van der Waals surface area (Å²) in [6.07, 6.45) is 5.36. The summed E-state index contributed by atoms with van der Waals surface area (Å²) in [6.45, 7) is 5.48. The second-order valence-corrected chi connectivity index (χ2v) is 11.5. The number of likely N-dealkylation sites (tertiary alicyclic amines) is 1. The number of hydrogen-bond acceptors (Lipinski definition) is 6. The van der Waals surface area contributed by atoms with Gasteiger partial charge in [0.1, 0.15) is 23.9 Å². The topological polar surface area (TPSA) is 48.0 Å². The summed E-state index contributed by atoms with van der Waals surface area (Å²) >= 11 is 1.70. The van der Waals surface area contributed by atoms with E-state index in [-0.39, 0.29) is 18.2 Å². The first-order valence-corrected chi connectivity index (χ1v) is 14.3. The van der Waals surface area contributed by atoms with E-state index in [4.69, 9.17) is 14.2 Å². The monoisotopic (exact) mass is 537 g/mol. The highest BCUT2D eigenvalue weighted by molar-refractivity contribution is 7.12. The van der Waals surface area contributed by atoms with Gasteiger partial charge in [-0.2, -0.15) is 0 Å². The van der Waals surface area contributed by atoms with Gasteiger partial charge in [0, 0.05) is 23.9 Å². The summed E-state index contributed by atoms with van der Waals surface area (Å²) in [5.41, 5.74) is 3.96. The molecule has 202 valence electrons. The zero-order valence-electron chi connectivity index (χ0n) is 22.3. The number of benzene rings is 2. The number of thiophene rings is 1. The summed E-state index contributed by atoms with van der Waals surface area (Å²) in [5, 5.41) is 0. The Morgan fingerprint density at radius 1 is 1.11 bits per heavy atom. The number of rotatable bonds is 10. The van der Waals surface area contributed by atoms with Crippen molar-refractivity contribution in [3.63, 3.8) is 0 Å². The maximum atomic E-state index is 14.5. The number of hydrogen-bond donors (Lipinski definition) is 0. The third kappa shape index (κ3) is 5.89. The SMILES string of the molecule is CCOC(=O)CCc1ccc(OCc2cc(OC)c(CN3CCC4(CCc5ccccc54)CC3)s2)cc1F. The van der Waals surface area contributed by atoms with E-state index in [9.17, 15) is 9.18 Å². The number of methoxy groups -OCH3 is 1. The zero-order valence-corrected chi connectivity index (χ0v) is 23.1. The molecule has 1 fully saturated rings. The molecule has 1 saturated heterocycles. The first-order valence-electron chi connectivity index (χ1n) is 13.5. The Bertz CT molecular complexity index is 1260. The molecule has 0 N–H and O–H groups in total. The first-order chi connectivity index (χ1) is 18.5. The van der Waals surface area contributed by atoms with E-state index in [1.807, 2.05) is 6.07 Å². The molecule has 0 amide bonds. The van der Waals surface area contributed by atoms with Gasteiger partial charge >= 0.3 is 5.97 Å². The third-order valence-corrected chi connectivity index (χ3v) is 9.07. The van der Waals surface area contributed by atoms with Gasteiger partial charge in [-0.3, -0.25) is 9.69 Å². The van der Waals surface area contributed by atoms with Gasteiger partial charge in [-0.1, -0.05) is 30.3 Å². The van der Waals surface area contributed by atoms with Gasteiger partial charge in [0.25, 0.3) is 0 Å². The summed E-state index contributed by atoms with van der Waals surface area (Å²) in [6, 6.07) is 15.8. The van der Waals surface area contributed by atoms with Crippen molar-refractivity contribution in [1.29, 1.82) is 0 Å². The van der Waals surface area contributed by atoms with Crippen molar-refractivity contribution in [3.8, 4) is 11.5 Å². The molecule has 0 saturated carbocycles. The first kappa shape index (κ1) is 26.7. The van der Waals surface area contributed by atoms with Crippen LogP contribution in [0, 0.1) is 5.82 Å². The molecule has 0 atom stereocenters. The van der Waals surface area contributed by atoms with Gasteiger partial charge in [0.05, 0.1) is 18.6 Å². The minimum absolute atomic E-state index is 0.161. The van der Waals surface area contributed by atoms with Crippen LogP contribution in [0.4, 0.5) is 4.39 Å². The predicted octanol–water partition coefficient (Wildman–Crippen LogP) is 6.45. The quantitative estimate of drug-likeness (QED) is 0.278. The molecule has 1 aliphatic heterocycles. The van der Waals surface area contributed by atoms with Crippen LogP contribution in [0.5, 0.6) is 11.5 Å². The lowest BCUT2D eigenvalue weighted by Gasteiger charge is -2.40. The maximum absolute atomic E-state index is 14.5. The molecule has 2 aromatic carbocycles.